The van der Waals surface area contributed by atoms with Crippen molar-refractivity contribution in [2.75, 3.05) is 20.2 Å². The summed E-state index contributed by atoms with van der Waals surface area (Å²) in [6, 6.07) is 4.57. The number of benzene rings is 1. The van der Waals surface area contributed by atoms with Crippen LogP contribution < -0.4 is 0 Å². The first-order chi connectivity index (χ1) is 9.06. The lowest BCUT2D eigenvalue weighted by molar-refractivity contribution is -0.00264. The van der Waals surface area contributed by atoms with E-state index in [2.05, 4.69) is 44.9 Å². The molecule has 1 heterocycles. The van der Waals surface area contributed by atoms with Gasteiger partial charge >= 0.3 is 0 Å². The van der Waals surface area contributed by atoms with Crippen molar-refractivity contribution in [3.63, 3.8) is 0 Å². The van der Waals surface area contributed by atoms with Gasteiger partial charge in [0, 0.05) is 19.7 Å². The standard InChI is InChI=1S/C17H27NO/c1-13-9-14(2)17(15(3)10-13)12-18(4)11-16-7-5-6-8-19-16/h9-10,16H,5-8,11-12H2,1-4H3. The highest BCUT2D eigenvalue weighted by Gasteiger charge is 2.16. The first-order valence-electron chi connectivity index (χ1n) is 7.43. The topological polar surface area (TPSA) is 12.5 Å². The van der Waals surface area contributed by atoms with E-state index in [-0.39, 0.29) is 0 Å². The fraction of sp³-hybridized carbons (Fsp3) is 0.647. The minimum Gasteiger partial charge on any atom is -0.377 e. The van der Waals surface area contributed by atoms with Crippen molar-refractivity contribution in [1.82, 2.24) is 4.90 Å². The van der Waals surface area contributed by atoms with Gasteiger partial charge in [0.25, 0.3) is 0 Å². The first-order valence-corrected chi connectivity index (χ1v) is 7.43. The van der Waals surface area contributed by atoms with Gasteiger partial charge in [0.05, 0.1) is 6.10 Å². The van der Waals surface area contributed by atoms with Gasteiger partial charge in [-0.15, -0.1) is 0 Å². The maximum absolute atomic E-state index is 5.82. The number of hydrogen-bond acceptors (Lipinski definition) is 2. The quantitative estimate of drug-likeness (QED) is 0.821. The Hall–Kier alpha value is -0.860. The number of ether oxygens (including phenoxy) is 1. The maximum atomic E-state index is 5.82. The SMILES string of the molecule is Cc1cc(C)c(CN(C)CC2CCCCO2)c(C)c1. The molecule has 0 saturated carbocycles. The van der Waals surface area contributed by atoms with Gasteiger partial charge in [-0.3, -0.25) is 4.90 Å². The molecule has 1 aliphatic heterocycles. The van der Waals surface area contributed by atoms with Crippen molar-refractivity contribution in [1.29, 1.82) is 0 Å². The van der Waals surface area contributed by atoms with E-state index >= 15 is 0 Å². The summed E-state index contributed by atoms with van der Waals surface area (Å²) in [5.74, 6) is 0. The van der Waals surface area contributed by atoms with Crippen LogP contribution in [0.15, 0.2) is 12.1 Å². The highest BCUT2D eigenvalue weighted by molar-refractivity contribution is 5.37. The summed E-state index contributed by atoms with van der Waals surface area (Å²) in [7, 11) is 2.21. The number of nitrogens with zero attached hydrogens (tertiary/aromatic N) is 1. The van der Waals surface area contributed by atoms with E-state index in [9.17, 15) is 0 Å². The van der Waals surface area contributed by atoms with Crippen molar-refractivity contribution in [3.8, 4) is 0 Å². The van der Waals surface area contributed by atoms with Crippen LogP contribution in [0.4, 0.5) is 0 Å². The summed E-state index contributed by atoms with van der Waals surface area (Å²) in [5.41, 5.74) is 5.66. The van der Waals surface area contributed by atoms with Crippen LogP contribution in [0.1, 0.15) is 41.5 Å². The molecule has 2 rings (SSSR count). The molecule has 0 amide bonds. The molecule has 2 nitrogen and oxygen atoms in total. The Labute approximate surface area is 117 Å². The van der Waals surface area contributed by atoms with E-state index in [1.165, 1.54) is 41.5 Å². The number of likely N-dealkylation sites (N-methyl/N-ethyl adjacent to an activating group) is 1. The zero-order valence-corrected chi connectivity index (χ0v) is 12.8. The van der Waals surface area contributed by atoms with Crippen molar-refractivity contribution >= 4 is 0 Å². The van der Waals surface area contributed by atoms with Crippen molar-refractivity contribution in [2.45, 2.75) is 52.7 Å². The predicted octanol–water partition coefficient (Wildman–Crippen LogP) is 3.61. The van der Waals surface area contributed by atoms with Crippen molar-refractivity contribution in [3.05, 3.63) is 34.4 Å². The van der Waals surface area contributed by atoms with Crippen LogP contribution in [0, 0.1) is 20.8 Å². The molecule has 0 N–H and O–H groups in total. The molecule has 1 aromatic rings. The molecule has 0 bridgehead atoms. The zero-order chi connectivity index (χ0) is 13.8. The van der Waals surface area contributed by atoms with Gasteiger partial charge in [0.1, 0.15) is 0 Å². The van der Waals surface area contributed by atoms with Gasteiger partial charge in [-0.25, -0.2) is 0 Å². The Morgan fingerprint density at radius 3 is 2.42 bits per heavy atom. The third-order valence-electron chi connectivity index (χ3n) is 4.06. The molecule has 19 heavy (non-hydrogen) atoms. The highest BCUT2D eigenvalue weighted by Crippen LogP contribution is 2.19. The third kappa shape index (κ3) is 4.05. The van der Waals surface area contributed by atoms with Crippen LogP contribution in [0.5, 0.6) is 0 Å². The Morgan fingerprint density at radius 2 is 1.84 bits per heavy atom. The van der Waals surface area contributed by atoms with Crippen LogP contribution in [-0.2, 0) is 11.3 Å². The molecule has 1 unspecified atom stereocenters. The van der Waals surface area contributed by atoms with Crippen LogP contribution in [0.2, 0.25) is 0 Å². The average molecular weight is 261 g/mol. The summed E-state index contributed by atoms with van der Waals surface area (Å²) in [4.78, 5) is 2.40. The smallest absolute Gasteiger partial charge is 0.0702 e. The second kappa shape index (κ2) is 6.53. The molecule has 1 saturated heterocycles. The average Bonchev–Trinajstić information content (AvgIpc) is 2.35. The van der Waals surface area contributed by atoms with E-state index < -0.39 is 0 Å². The lowest BCUT2D eigenvalue weighted by atomic mass is 9.99. The minimum absolute atomic E-state index is 0.435. The van der Waals surface area contributed by atoms with E-state index in [0.29, 0.717) is 6.10 Å². The fourth-order valence-electron chi connectivity index (χ4n) is 3.09. The lowest BCUT2D eigenvalue weighted by Crippen LogP contribution is -2.33. The van der Waals surface area contributed by atoms with E-state index in [4.69, 9.17) is 4.74 Å². The molecule has 106 valence electrons. The molecule has 0 spiro atoms. The summed E-state index contributed by atoms with van der Waals surface area (Å²) in [6.07, 6.45) is 4.21. The van der Waals surface area contributed by atoms with E-state index in [0.717, 1.165) is 19.7 Å². The Morgan fingerprint density at radius 1 is 1.16 bits per heavy atom. The second-order valence-corrected chi connectivity index (χ2v) is 6.06. The summed E-state index contributed by atoms with van der Waals surface area (Å²) < 4.78 is 5.82. The summed E-state index contributed by atoms with van der Waals surface area (Å²) in [5, 5.41) is 0. The molecular formula is C17H27NO. The molecular weight excluding hydrogens is 234 g/mol. The number of aryl methyl sites for hydroxylation is 3. The monoisotopic (exact) mass is 261 g/mol. The predicted molar refractivity (Wildman–Crippen MR) is 80.6 cm³/mol. The number of hydrogen-bond donors (Lipinski definition) is 0. The first kappa shape index (κ1) is 14.5. The van der Waals surface area contributed by atoms with Gasteiger partial charge in [0.2, 0.25) is 0 Å². The van der Waals surface area contributed by atoms with Gasteiger partial charge < -0.3 is 4.74 Å². The summed E-state index contributed by atoms with van der Waals surface area (Å²) in [6.45, 7) is 9.63. The van der Waals surface area contributed by atoms with Crippen LogP contribution in [-0.4, -0.2) is 31.2 Å². The van der Waals surface area contributed by atoms with Crippen LogP contribution >= 0.6 is 0 Å². The van der Waals surface area contributed by atoms with Crippen LogP contribution in [0.3, 0.4) is 0 Å². The summed E-state index contributed by atoms with van der Waals surface area (Å²) >= 11 is 0. The molecule has 1 atom stereocenters. The zero-order valence-electron chi connectivity index (χ0n) is 12.8. The fourth-order valence-corrected chi connectivity index (χ4v) is 3.09. The Balaban J connectivity index is 1.96. The minimum atomic E-state index is 0.435. The molecule has 1 aromatic carbocycles. The normalized spacial score (nSPS) is 19.9. The molecule has 0 aliphatic carbocycles. The lowest BCUT2D eigenvalue weighted by Gasteiger charge is -2.28. The molecule has 1 fully saturated rings. The van der Waals surface area contributed by atoms with Crippen LogP contribution in [0.25, 0.3) is 0 Å². The van der Waals surface area contributed by atoms with E-state index in [1.807, 2.05) is 0 Å². The molecule has 0 radical (unpaired) electrons. The Bertz CT molecular complexity index is 398. The van der Waals surface area contributed by atoms with Crippen molar-refractivity contribution < 1.29 is 4.74 Å². The van der Waals surface area contributed by atoms with Gasteiger partial charge in [-0.05, 0) is 63.8 Å². The van der Waals surface area contributed by atoms with Gasteiger partial charge in [0.15, 0.2) is 0 Å². The maximum Gasteiger partial charge on any atom is 0.0702 e. The highest BCUT2D eigenvalue weighted by atomic mass is 16.5. The molecule has 0 aromatic heterocycles. The van der Waals surface area contributed by atoms with E-state index in [1.54, 1.807) is 0 Å². The third-order valence-corrected chi connectivity index (χ3v) is 4.06. The second-order valence-electron chi connectivity index (χ2n) is 6.06. The largest absolute Gasteiger partial charge is 0.377 e. The van der Waals surface area contributed by atoms with Gasteiger partial charge in [-0.1, -0.05) is 17.7 Å². The number of rotatable bonds is 4. The Kier molecular flexibility index (Phi) is 5.00. The van der Waals surface area contributed by atoms with Gasteiger partial charge in [-0.2, -0.15) is 0 Å². The molecule has 1 aliphatic rings. The van der Waals surface area contributed by atoms with Crippen molar-refractivity contribution in [2.24, 2.45) is 0 Å². The molecule has 2 heteroatoms.